The summed E-state index contributed by atoms with van der Waals surface area (Å²) in [7, 11) is 0. The highest BCUT2D eigenvalue weighted by Crippen LogP contribution is 2.66. The van der Waals surface area contributed by atoms with Crippen molar-refractivity contribution in [3.05, 3.63) is 12.7 Å². The van der Waals surface area contributed by atoms with Crippen molar-refractivity contribution in [1.82, 2.24) is 0 Å². The number of thioether (sulfide) groups is 1. The van der Waals surface area contributed by atoms with Crippen LogP contribution in [0.1, 0.15) is 78.6 Å². The van der Waals surface area contributed by atoms with Crippen LogP contribution in [0.5, 0.6) is 0 Å². The molecule has 34 heavy (non-hydrogen) atoms. The summed E-state index contributed by atoms with van der Waals surface area (Å²) in [5, 5.41) is 21.7. The molecule has 4 rings (SSSR count). The molecule has 0 aromatic carbocycles. The molecule has 0 aliphatic heterocycles. The minimum atomic E-state index is -0.631. The Morgan fingerprint density at radius 2 is 1.97 bits per heavy atom. The third kappa shape index (κ3) is 4.39. The van der Waals surface area contributed by atoms with Gasteiger partial charge in [0.25, 0.3) is 0 Å². The van der Waals surface area contributed by atoms with Crippen molar-refractivity contribution in [2.24, 2.45) is 33.8 Å². The van der Waals surface area contributed by atoms with E-state index in [2.05, 4.69) is 20.4 Å². The fourth-order valence-electron chi connectivity index (χ4n) is 7.68. The van der Waals surface area contributed by atoms with Crippen LogP contribution in [0.15, 0.2) is 12.7 Å². The lowest BCUT2D eigenvalue weighted by Crippen LogP contribution is -2.60. The van der Waals surface area contributed by atoms with Gasteiger partial charge in [-0.1, -0.05) is 26.8 Å². The van der Waals surface area contributed by atoms with Gasteiger partial charge in [0.05, 0.1) is 18.0 Å². The molecule has 0 amide bonds. The Morgan fingerprint density at radius 1 is 1.24 bits per heavy atom. The van der Waals surface area contributed by atoms with Gasteiger partial charge >= 0.3 is 5.97 Å². The smallest absolute Gasteiger partial charge is 0.316 e. The molecule has 0 spiro atoms. The maximum Gasteiger partial charge on any atom is 0.316 e. The molecule has 10 atom stereocenters. The molecule has 0 aromatic heterocycles. The molecule has 1 unspecified atom stereocenters. The van der Waals surface area contributed by atoms with E-state index in [4.69, 9.17) is 10.5 Å². The zero-order chi connectivity index (χ0) is 24.9. The number of aliphatic hydroxyl groups is 2. The summed E-state index contributed by atoms with van der Waals surface area (Å²) in [4.78, 5) is 26.5. The first-order chi connectivity index (χ1) is 15.9. The highest BCUT2D eigenvalue weighted by atomic mass is 32.2. The third-order valence-corrected chi connectivity index (χ3v) is 11.6. The van der Waals surface area contributed by atoms with Crippen LogP contribution in [0.2, 0.25) is 0 Å². The van der Waals surface area contributed by atoms with Crippen LogP contribution in [-0.2, 0) is 14.3 Å². The van der Waals surface area contributed by atoms with Gasteiger partial charge in [-0.15, -0.1) is 18.3 Å². The summed E-state index contributed by atoms with van der Waals surface area (Å²) in [6.07, 6.45) is 6.71. The average Bonchev–Trinajstić information content (AvgIpc) is 3.11. The monoisotopic (exact) mass is 493 g/mol. The van der Waals surface area contributed by atoms with E-state index in [-0.39, 0.29) is 46.0 Å². The van der Waals surface area contributed by atoms with E-state index in [1.54, 1.807) is 0 Å². The van der Waals surface area contributed by atoms with Crippen LogP contribution in [0.3, 0.4) is 0 Å². The Bertz CT molecular complexity index is 821. The number of hydrogen-bond acceptors (Lipinski definition) is 7. The van der Waals surface area contributed by atoms with Gasteiger partial charge in [0.1, 0.15) is 11.9 Å². The number of carbonyl (C=O) groups excluding carboxylic acids is 2. The number of nitrogens with two attached hydrogens (primary N) is 1. The standard InChI is InChI=1S/C27H43NO5S/c1-5-25(3)14-22(33-23(32)15-34-20-7-6-17(28)12-19(20)30)26(4)16(2)8-10-27(13-21(25)31)11-9-18(29)24(26)27/h5,16-17,19-22,24,30-31H,1,6-15,28H2,2-4H3/t16?,17-,19-,20-,21+,22-,24+,25-,26+,27+/m1/s1. The highest BCUT2D eigenvalue weighted by molar-refractivity contribution is 8.00. The van der Waals surface area contributed by atoms with E-state index in [1.807, 2.05) is 13.0 Å². The fourth-order valence-corrected chi connectivity index (χ4v) is 8.73. The Morgan fingerprint density at radius 3 is 2.65 bits per heavy atom. The quantitative estimate of drug-likeness (QED) is 0.396. The summed E-state index contributed by atoms with van der Waals surface area (Å²) >= 11 is 1.44. The second-order valence-corrected chi connectivity index (χ2v) is 13.4. The van der Waals surface area contributed by atoms with E-state index in [0.717, 1.165) is 32.1 Å². The van der Waals surface area contributed by atoms with Crippen molar-refractivity contribution in [2.75, 3.05) is 5.75 Å². The van der Waals surface area contributed by atoms with Crippen LogP contribution in [-0.4, -0.2) is 57.3 Å². The number of ether oxygens (including phenoxy) is 1. The molecule has 4 saturated carbocycles. The molecular weight excluding hydrogens is 450 g/mol. The normalized spacial score (nSPS) is 49.0. The Balaban J connectivity index is 1.59. The lowest BCUT2D eigenvalue weighted by molar-refractivity contribution is -0.193. The molecule has 4 aliphatic rings. The van der Waals surface area contributed by atoms with Crippen molar-refractivity contribution in [3.8, 4) is 0 Å². The fraction of sp³-hybridized carbons (Fsp3) is 0.852. The number of hydrogen-bond donors (Lipinski definition) is 3. The average molecular weight is 494 g/mol. The Kier molecular flexibility index (Phi) is 7.34. The van der Waals surface area contributed by atoms with Crippen molar-refractivity contribution >= 4 is 23.5 Å². The number of esters is 1. The number of ketones is 1. The predicted molar refractivity (Wildman–Crippen MR) is 134 cm³/mol. The van der Waals surface area contributed by atoms with E-state index >= 15 is 0 Å². The molecule has 4 N–H and O–H groups in total. The van der Waals surface area contributed by atoms with Crippen molar-refractivity contribution in [1.29, 1.82) is 0 Å². The number of aliphatic hydroxyl groups excluding tert-OH is 2. The molecule has 7 heteroatoms. The van der Waals surface area contributed by atoms with Gasteiger partial charge in [-0.3, -0.25) is 9.59 Å². The van der Waals surface area contributed by atoms with Gasteiger partial charge in [-0.05, 0) is 62.7 Å². The van der Waals surface area contributed by atoms with Gasteiger partial charge in [0.2, 0.25) is 0 Å². The zero-order valence-electron chi connectivity index (χ0n) is 21.0. The topological polar surface area (TPSA) is 110 Å². The first-order valence-electron chi connectivity index (χ1n) is 13.0. The van der Waals surface area contributed by atoms with Gasteiger partial charge in [-0.25, -0.2) is 0 Å². The number of carbonyl (C=O) groups is 2. The largest absolute Gasteiger partial charge is 0.461 e. The predicted octanol–water partition coefficient (Wildman–Crippen LogP) is 3.62. The van der Waals surface area contributed by atoms with Crippen molar-refractivity contribution < 1.29 is 24.5 Å². The van der Waals surface area contributed by atoms with Crippen LogP contribution in [0, 0.1) is 28.1 Å². The summed E-state index contributed by atoms with van der Waals surface area (Å²) in [6.45, 7) is 10.4. The third-order valence-electron chi connectivity index (χ3n) is 10.2. The van der Waals surface area contributed by atoms with Gasteiger partial charge in [0.15, 0.2) is 0 Å². The second-order valence-electron chi connectivity index (χ2n) is 12.2. The summed E-state index contributed by atoms with van der Waals surface area (Å²) < 4.78 is 6.26. The molecule has 4 fully saturated rings. The summed E-state index contributed by atoms with van der Waals surface area (Å²) in [6, 6.07) is 0.0219. The highest BCUT2D eigenvalue weighted by Gasteiger charge is 2.66. The van der Waals surface area contributed by atoms with E-state index in [9.17, 15) is 19.8 Å². The zero-order valence-corrected chi connectivity index (χ0v) is 21.8. The summed E-state index contributed by atoms with van der Waals surface area (Å²) in [5.74, 6) is 0.146. The molecule has 0 radical (unpaired) electrons. The van der Waals surface area contributed by atoms with Gasteiger partial charge < -0.3 is 20.7 Å². The molecule has 4 aliphatic carbocycles. The van der Waals surface area contributed by atoms with Crippen LogP contribution >= 0.6 is 11.8 Å². The van der Waals surface area contributed by atoms with Crippen molar-refractivity contribution in [2.45, 2.75) is 108 Å². The van der Waals surface area contributed by atoms with E-state index < -0.39 is 29.1 Å². The lowest BCUT2D eigenvalue weighted by Gasteiger charge is -2.59. The van der Waals surface area contributed by atoms with Crippen LogP contribution in [0.4, 0.5) is 0 Å². The van der Waals surface area contributed by atoms with Gasteiger partial charge in [0, 0.05) is 34.5 Å². The van der Waals surface area contributed by atoms with E-state index in [1.165, 1.54) is 11.8 Å². The first-order valence-corrected chi connectivity index (χ1v) is 14.1. The van der Waals surface area contributed by atoms with E-state index in [0.29, 0.717) is 25.7 Å². The minimum absolute atomic E-state index is 0.0156. The molecular formula is C27H43NO5S. The maximum atomic E-state index is 13.3. The number of rotatable bonds is 5. The summed E-state index contributed by atoms with van der Waals surface area (Å²) in [5.41, 5.74) is 4.65. The number of Topliss-reactive ketones (excluding diaryl/α,β-unsaturated/α-hetero) is 1. The first kappa shape index (κ1) is 26.2. The maximum absolute atomic E-state index is 13.3. The molecule has 0 heterocycles. The van der Waals surface area contributed by atoms with Crippen molar-refractivity contribution in [3.63, 3.8) is 0 Å². The molecule has 2 bridgehead atoms. The second kappa shape index (κ2) is 9.53. The Labute approximate surface area is 208 Å². The lowest BCUT2D eigenvalue weighted by atomic mass is 9.46. The van der Waals surface area contributed by atoms with Crippen LogP contribution in [0.25, 0.3) is 0 Å². The SMILES string of the molecule is C=C[C@]1(C)C[C@@H](OC(=O)CS[C@@H]2CC[C@@H](N)C[C@H]2O)[C@]2(C)C(C)CC[C@]3(CCC(=O)[C@H]32)C[C@@H]1O. The molecule has 6 nitrogen and oxygen atoms in total. The van der Waals surface area contributed by atoms with Gasteiger partial charge in [-0.2, -0.15) is 0 Å². The molecule has 192 valence electrons. The minimum Gasteiger partial charge on any atom is -0.461 e. The Hall–Kier alpha value is -0.890. The molecule has 0 saturated heterocycles. The van der Waals surface area contributed by atoms with Crippen LogP contribution < -0.4 is 5.73 Å². The molecule has 0 aromatic rings.